The maximum absolute atomic E-state index is 14.1. The summed E-state index contributed by atoms with van der Waals surface area (Å²) in [6.45, 7) is 6.66. The average molecular weight is 600 g/mol. The van der Waals surface area contributed by atoms with Crippen molar-refractivity contribution in [1.82, 2.24) is 0 Å². The van der Waals surface area contributed by atoms with Gasteiger partial charge in [-0.2, -0.15) is 0 Å². The van der Waals surface area contributed by atoms with Crippen LogP contribution in [0.2, 0.25) is 0 Å². The molecular weight excluding hydrogens is 564 g/mol. The van der Waals surface area contributed by atoms with Crippen LogP contribution in [0, 0.1) is 34.5 Å². The Kier molecular flexibility index (Phi) is 7.03. The highest BCUT2D eigenvalue weighted by molar-refractivity contribution is 9.09. The molecule has 9 atom stereocenters. The van der Waals surface area contributed by atoms with E-state index in [4.69, 9.17) is 9.47 Å². The maximum atomic E-state index is 14.1. The zero-order valence-corrected chi connectivity index (χ0v) is 24.3. The first kappa shape index (κ1) is 28.0. The standard InChI is InChI=1S/C31H35BrO7/c1-17-12-22-26-23(32)14-20-13-21(34)10-11-29(20,3)27(26)24(35)15-30(22,4)31(17,25(36)16-38-18(2)33)39-28(37)19-8-6-5-7-9-19/h5-11,13,17,22-24,26-27,35H,12,14-16H2,1-4H3. The van der Waals surface area contributed by atoms with Crippen LogP contribution in [-0.4, -0.2) is 51.8 Å². The van der Waals surface area contributed by atoms with E-state index in [2.05, 4.69) is 22.9 Å². The van der Waals surface area contributed by atoms with Crippen LogP contribution in [0.1, 0.15) is 57.3 Å². The summed E-state index contributed by atoms with van der Waals surface area (Å²) in [7, 11) is 0. The van der Waals surface area contributed by atoms with Crippen molar-refractivity contribution in [2.75, 3.05) is 6.61 Å². The summed E-state index contributed by atoms with van der Waals surface area (Å²) in [5.74, 6) is -2.46. The van der Waals surface area contributed by atoms with Gasteiger partial charge in [0.2, 0.25) is 5.78 Å². The summed E-state index contributed by atoms with van der Waals surface area (Å²) >= 11 is 3.91. The van der Waals surface area contributed by atoms with Gasteiger partial charge in [-0.25, -0.2) is 4.79 Å². The fourth-order valence-electron chi connectivity index (χ4n) is 8.48. The number of carbonyl (C=O) groups excluding carboxylic acids is 4. The second kappa shape index (κ2) is 9.81. The molecule has 4 aliphatic carbocycles. The quantitative estimate of drug-likeness (QED) is 0.389. The summed E-state index contributed by atoms with van der Waals surface area (Å²) in [6.07, 6.45) is 5.84. The van der Waals surface area contributed by atoms with Crippen LogP contribution < -0.4 is 0 Å². The van der Waals surface area contributed by atoms with E-state index in [1.807, 2.05) is 19.9 Å². The van der Waals surface area contributed by atoms with Crippen molar-refractivity contribution < 1.29 is 33.8 Å². The van der Waals surface area contributed by atoms with Crippen LogP contribution in [0.25, 0.3) is 0 Å². The Bertz CT molecular complexity index is 1270. The molecule has 3 fully saturated rings. The van der Waals surface area contributed by atoms with Crippen molar-refractivity contribution in [3.8, 4) is 0 Å². The SMILES string of the molecule is CC(=O)OCC(=O)C1(OC(=O)c2ccccc2)C(C)CC2C3C(Br)CC4=CC(=O)C=CC4(C)C3C(O)CC21C. The summed E-state index contributed by atoms with van der Waals surface area (Å²) in [5.41, 5.74) is -1.71. The number of rotatable bonds is 5. The molecule has 0 heterocycles. The molecule has 39 heavy (non-hydrogen) atoms. The number of aliphatic hydroxyl groups excluding tert-OH is 1. The molecule has 0 aliphatic heterocycles. The molecule has 4 aliphatic rings. The van der Waals surface area contributed by atoms with Crippen molar-refractivity contribution in [2.24, 2.45) is 34.5 Å². The van der Waals surface area contributed by atoms with Crippen molar-refractivity contribution >= 4 is 39.4 Å². The fraction of sp³-hybridized carbons (Fsp3) is 0.548. The third-order valence-electron chi connectivity index (χ3n) is 10.1. The second-order valence-corrected chi connectivity index (χ2v) is 13.3. The lowest BCUT2D eigenvalue weighted by atomic mass is 9.46. The Morgan fingerprint density at radius 2 is 1.85 bits per heavy atom. The summed E-state index contributed by atoms with van der Waals surface area (Å²) in [6, 6.07) is 8.53. The van der Waals surface area contributed by atoms with Gasteiger partial charge in [-0.1, -0.05) is 66.5 Å². The third kappa shape index (κ3) is 4.17. The summed E-state index contributed by atoms with van der Waals surface area (Å²) in [4.78, 5) is 51.4. The van der Waals surface area contributed by atoms with E-state index in [9.17, 15) is 24.3 Å². The number of ether oxygens (including phenoxy) is 2. The van der Waals surface area contributed by atoms with Gasteiger partial charge in [-0.3, -0.25) is 14.4 Å². The van der Waals surface area contributed by atoms with E-state index in [0.717, 1.165) is 5.57 Å². The number of benzene rings is 1. The highest BCUT2D eigenvalue weighted by atomic mass is 79.9. The van der Waals surface area contributed by atoms with Crippen molar-refractivity contribution in [1.29, 1.82) is 0 Å². The summed E-state index contributed by atoms with van der Waals surface area (Å²) in [5, 5.41) is 11.9. The first-order valence-electron chi connectivity index (χ1n) is 13.6. The minimum Gasteiger partial charge on any atom is -0.458 e. The van der Waals surface area contributed by atoms with Gasteiger partial charge in [0.25, 0.3) is 0 Å². The fourth-order valence-corrected chi connectivity index (χ4v) is 9.53. The highest BCUT2D eigenvalue weighted by Gasteiger charge is 2.73. The molecular formula is C31H35BrO7. The molecule has 0 amide bonds. The van der Waals surface area contributed by atoms with Crippen molar-refractivity contribution in [2.45, 2.75) is 63.5 Å². The molecule has 3 saturated carbocycles. The molecule has 0 saturated heterocycles. The number of alkyl halides is 1. The number of allylic oxidation sites excluding steroid dienone is 4. The molecule has 1 aromatic rings. The van der Waals surface area contributed by atoms with Gasteiger partial charge in [0.05, 0.1) is 11.7 Å². The number of Topliss-reactive ketones (excluding diaryl/α,β-unsaturated/α-hetero) is 1. The van der Waals surface area contributed by atoms with E-state index in [0.29, 0.717) is 18.4 Å². The Hall–Kier alpha value is -2.58. The number of aliphatic hydroxyl groups is 1. The number of ketones is 2. The Morgan fingerprint density at radius 3 is 2.51 bits per heavy atom. The van der Waals surface area contributed by atoms with Crippen LogP contribution in [0.4, 0.5) is 0 Å². The molecule has 8 heteroatoms. The van der Waals surface area contributed by atoms with Gasteiger partial charge >= 0.3 is 11.9 Å². The van der Waals surface area contributed by atoms with Gasteiger partial charge in [0.1, 0.15) is 0 Å². The maximum Gasteiger partial charge on any atom is 0.339 e. The van der Waals surface area contributed by atoms with E-state index < -0.39 is 46.9 Å². The minimum absolute atomic E-state index is 0.0446. The minimum atomic E-state index is -1.60. The predicted octanol–water partition coefficient (Wildman–Crippen LogP) is 4.61. The lowest BCUT2D eigenvalue weighted by molar-refractivity contribution is -0.186. The Balaban J connectivity index is 1.60. The molecule has 208 valence electrons. The van der Waals surface area contributed by atoms with Gasteiger partial charge in [0, 0.05) is 34.4 Å². The first-order valence-corrected chi connectivity index (χ1v) is 14.5. The third-order valence-corrected chi connectivity index (χ3v) is 11.0. The molecule has 9 unspecified atom stereocenters. The van der Waals surface area contributed by atoms with E-state index in [-0.39, 0.29) is 40.7 Å². The zero-order valence-electron chi connectivity index (χ0n) is 22.7. The normalized spacial score (nSPS) is 40.6. The average Bonchev–Trinajstić information content (AvgIpc) is 3.10. The largest absolute Gasteiger partial charge is 0.458 e. The van der Waals surface area contributed by atoms with Crippen LogP contribution in [0.15, 0.2) is 54.1 Å². The molecule has 0 radical (unpaired) electrons. The monoisotopic (exact) mass is 598 g/mol. The van der Waals surface area contributed by atoms with Crippen LogP contribution >= 0.6 is 15.9 Å². The van der Waals surface area contributed by atoms with E-state index in [1.165, 1.54) is 6.92 Å². The topological polar surface area (TPSA) is 107 Å². The molecule has 7 nitrogen and oxygen atoms in total. The van der Waals surface area contributed by atoms with Crippen LogP contribution in [0.5, 0.6) is 0 Å². The number of hydrogen-bond donors (Lipinski definition) is 1. The van der Waals surface area contributed by atoms with Crippen molar-refractivity contribution in [3.63, 3.8) is 0 Å². The van der Waals surface area contributed by atoms with Gasteiger partial charge in [0.15, 0.2) is 18.0 Å². The molecule has 1 N–H and O–H groups in total. The van der Waals surface area contributed by atoms with Crippen LogP contribution in [0.3, 0.4) is 0 Å². The Morgan fingerprint density at radius 1 is 1.15 bits per heavy atom. The lowest BCUT2D eigenvalue weighted by Gasteiger charge is -2.61. The molecule has 1 aromatic carbocycles. The van der Waals surface area contributed by atoms with Gasteiger partial charge in [-0.05, 0) is 55.4 Å². The highest BCUT2D eigenvalue weighted by Crippen LogP contribution is 2.70. The summed E-state index contributed by atoms with van der Waals surface area (Å²) < 4.78 is 11.4. The molecule has 0 aromatic heterocycles. The molecule has 5 rings (SSSR count). The van der Waals surface area contributed by atoms with Crippen LogP contribution in [-0.2, 0) is 23.9 Å². The number of carbonyl (C=O) groups is 4. The number of esters is 2. The Labute approximate surface area is 237 Å². The zero-order chi connectivity index (χ0) is 28.3. The van der Waals surface area contributed by atoms with Crippen molar-refractivity contribution in [3.05, 3.63) is 59.7 Å². The second-order valence-electron chi connectivity index (χ2n) is 12.1. The smallest absolute Gasteiger partial charge is 0.339 e. The van der Waals surface area contributed by atoms with Gasteiger partial charge in [-0.15, -0.1) is 0 Å². The number of hydrogen-bond acceptors (Lipinski definition) is 7. The number of fused-ring (bicyclic) bond motifs is 5. The lowest BCUT2D eigenvalue weighted by Crippen LogP contribution is -2.65. The van der Waals surface area contributed by atoms with E-state index >= 15 is 0 Å². The number of halogens is 1. The predicted molar refractivity (Wildman–Crippen MR) is 147 cm³/mol. The van der Waals surface area contributed by atoms with Gasteiger partial charge < -0.3 is 14.6 Å². The molecule has 0 bridgehead atoms. The van der Waals surface area contributed by atoms with E-state index in [1.54, 1.807) is 42.5 Å². The first-order chi connectivity index (χ1) is 18.3. The molecule has 0 spiro atoms.